The van der Waals surface area contributed by atoms with Crippen LogP contribution in [0.25, 0.3) is 0 Å². The van der Waals surface area contributed by atoms with Gasteiger partial charge in [0.1, 0.15) is 5.82 Å². The third kappa shape index (κ3) is 2.40. The summed E-state index contributed by atoms with van der Waals surface area (Å²) in [7, 11) is 0. The van der Waals surface area contributed by atoms with Gasteiger partial charge < -0.3 is 5.73 Å². The summed E-state index contributed by atoms with van der Waals surface area (Å²) in [4.78, 5) is 0. The van der Waals surface area contributed by atoms with E-state index in [1.165, 1.54) is 18.9 Å². The molecule has 0 aliphatic heterocycles. The van der Waals surface area contributed by atoms with E-state index in [-0.39, 0.29) is 11.9 Å². The number of rotatable bonds is 2. The minimum Gasteiger partial charge on any atom is -0.324 e. The Hall–Kier alpha value is -0.410. The van der Waals surface area contributed by atoms with E-state index in [9.17, 15) is 4.39 Å². The van der Waals surface area contributed by atoms with Crippen molar-refractivity contribution in [2.45, 2.75) is 31.7 Å². The summed E-state index contributed by atoms with van der Waals surface area (Å²) >= 11 is 3.35. The largest absolute Gasteiger partial charge is 0.324 e. The molecule has 82 valence electrons. The molecular formula is C12H15BrFN. The molecule has 1 aliphatic carbocycles. The smallest absolute Gasteiger partial charge is 0.128 e. The summed E-state index contributed by atoms with van der Waals surface area (Å²) in [6.07, 6.45) is 4.72. The van der Waals surface area contributed by atoms with Gasteiger partial charge in [-0.15, -0.1) is 0 Å². The third-order valence-corrected chi connectivity index (χ3v) is 3.72. The topological polar surface area (TPSA) is 26.0 Å². The second kappa shape index (κ2) is 4.62. The normalized spacial score (nSPS) is 19.4. The fraction of sp³-hybridized carbons (Fsp3) is 0.500. The van der Waals surface area contributed by atoms with E-state index in [1.54, 1.807) is 12.1 Å². The van der Waals surface area contributed by atoms with E-state index >= 15 is 0 Å². The van der Waals surface area contributed by atoms with Crippen molar-refractivity contribution in [1.82, 2.24) is 0 Å². The van der Waals surface area contributed by atoms with Crippen molar-refractivity contribution in [3.63, 3.8) is 0 Å². The summed E-state index contributed by atoms with van der Waals surface area (Å²) in [5, 5.41) is 0. The number of hydrogen-bond donors (Lipinski definition) is 1. The molecule has 1 atom stereocenters. The van der Waals surface area contributed by atoms with Crippen LogP contribution in [0.5, 0.6) is 0 Å². The van der Waals surface area contributed by atoms with Crippen LogP contribution in [-0.2, 0) is 0 Å². The first-order chi connectivity index (χ1) is 7.18. The van der Waals surface area contributed by atoms with Gasteiger partial charge in [0.15, 0.2) is 0 Å². The zero-order valence-corrected chi connectivity index (χ0v) is 10.1. The molecule has 15 heavy (non-hydrogen) atoms. The Balaban J connectivity index is 2.23. The van der Waals surface area contributed by atoms with Gasteiger partial charge in [-0.2, -0.15) is 0 Å². The fourth-order valence-corrected chi connectivity index (χ4v) is 2.72. The molecule has 0 radical (unpaired) electrons. The van der Waals surface area contributed by atoms with Crippen LogP contribution in [-0.4, -0.2) is 0 Å². The Labute approximate surface area is 98.0 Å². The maximum atomic E-state index is 13.6. The predicted molar refractivity (Wildman–Crippen MR) is 63.0 cm³/mol. The SMILES string of the molecule is N[C@H](c1cc(Br)ccc1F)C1CCCC1. The van der Waals surface area contributed by atoms with Crippen LogP contribution < -0.4 is 5.73 Å². The number of nitrogens with two attached hydrogens (primary N) is 1. The van der Waals surface area contributed by atoms with Gasteiger partial charge in [-0.05, 0) is 37.0 Å². The molecule has 1 nitrogen and oxygen atoms in total. The highest BCUT2D eigenvalue weighted by Gasteiger charge is 2.25. The summed E-state index contributed by atoms with van der Waals surface area (Å²) in [6, 6.07) is 4.84. The highest BCUT2D eigenvalue weighted by molar-refractivity contribution is 9.10. The molecule has 0 saturated heterocycles. The molecule has 0 unspecified atom stereocenters. The van der Waals surface area contributed by atoms with Crippen molar-refractivity contribution in [3.8, 4) is 0 Å². The number of benzene rings is 1. The van der Waals surface area contributed by atoms with Crippen LogP contribution in [0.3, 0.4) is 0 Å². The first kappa shape index (κ1) is 11.1. The molecule has 1 aromatic rings. The number of hydrogen-bond acceptors (Lipinski definition) is 1. The van der Waals surface area contributed by atoms with Crippen molar-refractivity contribution in [2.24, 2.45) is 11.7 Å². The minimum atomic E-state index is -0.183. The highest BCUT2D eigenvalue weighted by atomic mass is 79.9. The molecule has 1 fully saturated rings. The first-order valence-corrected chi connectivity index (χ1v) is 6.18. The van der Waals surface area contributed by atoms with Crippen molar-refractivity contribution >= 4 is 15.9 Å². The standard InChI is InChI=1S/C12H15BrFN/c13-9-5-6-11(14)10(7-9)12(15)8-3-1-2-4-8/h5-8,12H,1-4,15H2/t12-/m0/s1. The summed E-state index contributed by atoms with van der Waals surface area (Å²) in [6.45, 7) is 0. The molecule has 2 N–H and O–H groups in total. The highest BCUT2D eigenvalue weighted by Crippen LogP contribution is 2.35. The minimum absolute atomic E-state index is 0.148. The van der Waals surface area contributed by atoms with Crippen molar-refractivity contribution in [3.05, 3.63) is 34.1 Å². The Morgan fingerprint density at radius 2 is 2.00 bits per heavy atom. The summed E-state index contributed by atoms with van der Waals surface area (Å²) < 4.78 is 14.5. The van der Waals surface area contributed by atoms with Gasteiger partial charge in [0, 0.05) is 16.1 Å². The average molecular weight is 272 g/mol. The lowest BCUT2D eigenvalue weighted by atomic mass is 9.92. The Kier molecular flexibility index (Phi) is 3.42. The average Bonchev–Trinajstić information content (AvgIpc) is 2.74. The van der Waals surface area contributed by atoms with Gasteiger partial charge in [-0.3, -0.25) is 0 Å². The van der Waals surface area contributed by atoms with E-state index in [0.29, 0.717) is 11.5 Å². The number of halogens is 2. The first-order valence-electron chi connectivity index (χ1n) is 5.39. The van der Waals surface area contributed by atoms with Crippen LogP contribution in [0.15, 0.2) is 22.7 Å². The fourth-order valence-electron chi connectivity index (χ4n) is 2.34. The van der Waals surface area contributed by atoms with Crippen LogP contribution >= 0.6 is 15.9 Å². The molecule has 0 aromatic heterocycles. The Bertz CT molecular complexity index is 347. The summed E-state index contributed by atoms with van der Waals surface area (Å²) in [5.74, 6) is 0.270. The van der Waals surface area contributed by atoms with Gasteiger partial charge in [-0.25, -0.2) is 4.39 Å². The molecule has 0 spiro atoms. The molecule has 1 saturated carbocycles. The zero-order valence-electron chi connectivity index (χ0n) is 8.55. The molecule has 1 aliphatic rings. The molecule has 3 heteroatoms. The summed E-state index contributed by atoms with van der Waals surface area (Å²) in [5.41, 5.74) is 6.76. The molecule has 1 aromatic carbocycles. The second-order valence-corrected chi connectivity index (χ2v) is 5.15. The van der Waals surface area contributed by atoms with Gasteiger partial charge in [0.2, 0.25) is 0 Å². The van der Waals surface area contributed by atoms with Crippen LogP contribution in [0.4, 0.5) is 4.39 Å². The monoisotopic (exact) mass is 271 g/mol. The van der Waals surface area contributed by atoms with Crippen molar-refractivity contribution < 1.29 is 4.39 Å². The van der Waals surface area contributed by atoms with Crippen LogP contribution in [0, 0.1) is 11.7 Å². The van der Waals surface area contributed by atoms with Gasteiger partial charge in [-0.1, -0.05) is 28.8 Å². The van der Waals surface area contributed by atoms with Gasteiger partial charge in [0.05, 0.1) is 0 Å². The van der Waals surface area contributed by atoms with E-state index in [0.717, 1.165) is 17.3 Å². The van der Waals surface area contributed by atoms with Gasteiger partial charge >= 0.3 is 0 Å². The molecule has 0 heterocycles. The zero-order chi connectivity index (χ0) is 10.8. The van der Waals surface area contributed by atoms with Crippen molar-refractivity contribution in [1.29, 1.82) is 0 Å². The lowest BCUT2D eigenvalue weighted by Crippen LogP contribution is -2.20. The van der Waals surface area contributed by atoms with E-state index in [1.807, 2.05) is 0 Å². The predicted octanol–water partition coefficient (Wildman–Crippen LogP) is 3.78. The Morgan fingerprint density at radius 1 is 1.33 bits per heavy atom. The van der Waals surface area contributed by atoms with E-state index in [4.69, 9.17) is 5.73 Å². The maximum Gasteiger partial charge on any atom is 0.128 e. The molecule has 0 amide bonds. The lowest BCUT2D eigenvalue weighted by Gasteiger charge is -2.19. The van der Waals surface area contributed by atoms with Crippen LogP contribution in [0.2, 0.25) is 0 Å². The van der Waals surface area contributed by atoms with Crippen molar-refractivity contribution in [2.75, 3.05) is 0 Å². The molecule has 2 rings (SSSR count). The van der Waals surface area contributed by atoms with E-state index < -0.39 is 0 Å². The maximum absolute atomic E-state index is 13.6. The quantitative estimate of drug-likeness (QED) is 0.871. The molecular weight excluding hydrogens is 257 g/mol. The molecule has 0 bridgehead atoms. The third-order valence-electron chi connectivity index (χ3n) is 3.22. The lowest BCUT2D eigenvalue weighted by molar-refractivity contribution is 0.429. The Morgan fingerprint density at radius 3 is 2.67 bits per heavy atom. The van der Waals surface area contributed by atoms with Crippen LogP contribution in [0.1, 0.15) is 37.3 Å². The second-order valence-electron chi connectivity index (χ2n) is 4.24. The van der Waals surface area contributed by atoms with Gasteiger partial charge in [0.25, 0.3) is 0 Å². The van der Waals surface area contributed by atoms with E-state index in [2.05, 4.69) is 15.9 Å².